The lowest BCUT2D eigenvalue weighted by atomic mass is 9.94. The predicted molar refractivity (Wildman–Crippen MR) is 92.9 cm³/mol. The summed E-state index contributed by atoms with van der Waals surface area (Å²) in [6, 6.07) is 12.0. The topological polar surface area (TPSA) is 38.8 Å². The van der Waals surface area contributed by atoms with Crippen LogP contribution in [0.1, 0.15) is 36.1 Å². The molecular formula is C20H20F3NO3. The number of hydroxylamine groups is 2. The Hall–Kier alpha value is -2.38. The first-order chi connectivity index (χ1) is 12.7. The van der Waals surface area contributed by atoms with Gasteiger partial charge >= 0.3 is 6.18 Å². The molecule has 0 unspecified atom stereocenters. The summed E-state index contributed by atoms with van der Waals surface area (Å²) in [5.74, 6) is 0.720. The maximum absolute atomic E-state index is 12.8. The van der Waals surface area contributed by atoms with Gasteiger partial charge in [-0.2, -0.15) is 18.2 Å². The fraction of sp³-hybridized carbons (Fsp3) is 0.350. The number of ether oxygens (including phenoxy) is 1. The molecule has 0 amide bonds. The summed E-state index contributed by atoms with van der Waals surface area (Å²) < 4.78 is 43.6. The number of alkyl halides is 3. The molecular weight excluding hydrogens is 359 g/mol. The summed E-state index contributed by atoms with van der Waals surface area (Å²) in [5, 5.41) is 1.65. The van der Waals surface area contributed by atoms with Crippen molar-refractivity contribution < 1.29 is 27.5 Å². The second-order valence-electron chi connectivity index (χ2n) is 6.78. The van der Waals surface area contributed by atoms with Gasteiger partial charge in [0.1, 0.15) is 11.4 Å². The van der Waals surface area contributed by atoms with Crippen molar-refractivity contribution in [3.05, 3.63) is 65.2 Å². The highest BCUT2D eigenvalue weighted by Crippen LogP contribution is 2.41. The monoisotopic (exact) mass is 379 g/mol. The van der Waals surface area contributed by atoms with Gasteiger partial charge in [-0.1, -0.05) is 24.3 Å². The molecule has 0 spiro atoms. The van der Waals surface area contributed by atoms with Crippen LogP contribution in [0.15, 0.2) is 48.5 Å². The number of methoxy groups -OCH3 is 1. The summed E-state index contributed by atoms with van der Waals surface area (Å²) in [6.45, 7) is 2.06. The molecule has 27 heavy (non-hydrogen) atoms. The molecule has 1 saturated heterocycles. The number of halogens is 3. The maximum Gasteiger partial charge on any atom is 0.416 e. The van der Waals surface area contributed by atoms with Gasteiger partial charge < -0.3 is 9.53 Å². The Morgan fingerprint density at radius 3 is 2.33 bits per heavy atom. The second-order valence-corrected chi connectivity index (χ2v) is 6.78. The fourth-order valence-corrected chi connectivity index (χ4v) is 3.16. The van der Waals surface area contributed by atoms with Crippen molar-refractivity contribution >= 4 is 6.29 Å². The van der Waals surface area contributed by atoms with Gasteiger partial charge in [0, 0.05) is 13.0 Å². The van der Waals surface area contributed by atoms with Gasteiger partial charge in [-0.15, -0.1) is 0 Å². The van der Waals surface area contributed by atoms with Crippen LogP contribution in [0.2, 0.25) is 0 Å². The molecule has 1 heterocycles. The van der Waals surface area contributed by atoms with E-state index in [-0.39, 0.29) is 6.04 Å². The zero-order valence-electron chi connectivity index (χ0n) is 15.0. The Morgan fingerprint density at radius 2 is 1.81 bits per heavy atom. The molecule has 1 aliphatic rings. The number of benzene rings is 2. The average molecular weight is 379 g/mol. The molecule has 144 valence electrons. The number of nitrogens with zero attached hydrogens (tertiary/aromatic N) is 1. The van der Waals surface area contributed by atoms with E-state index in [0.29, 0.717) is 18.5 Å². The molecule has 0 saturated carbocycles. The zero-order chi connectivity index (χ0) is 19.7. The highest BCUT2D eigenvalue weighted by atomic mass is 19.4. The van der Waals surface area contributed by atoms with E-state index in [1.807, 2.05) is 24.3 Å². The SMILES string of the molecule is COc1ccc(CN2O[C@](C)(C=O)C[C@H]2c2ccc(C(F)(F)F)cc2)cc1. The van der Waals surface area contributed by atoms with E-state index in [4.69, 9.17) is 9.57 Å². The Morgan fingerprint density at radius 1 is 1.19 bits per heavy atom. The lowest BCUT2D eigenvalue weighted by Crippen LogP contribution is -2.28. The molecule has 0 bridgehead atoms. The summed E-state index contributed by atoms with van der Waals surface area (Å²) in [7, 11) is 1.58. The second kappa shape index (κ2) is 7.32. The third kappa shape index (κ3) is 4.31. The van der Waals surface area contributed by atoms with Gasteiger partial charge in [0.25, 0.3) is 0 Å². The molecule has 1 fully saturated rings. The van der Waals surface area contributed by atoms with E-state index in [2.05, 4.69) is 0 Å². The first kappa shape index (κ1) is 19.4. The number of aldehydes is 1. The van der Waals surface area contributed by atoms with Gasteiger partial charge in [-0.25, -0.2) is 0 Å². The van der Waals surface area contributed by atoms with Gasteiger partial charge in [0.2, 0.25) is 0 Å². The minimum atomic E-state index is -4.38. The van der Waals surface area contributed by atoms with Crippen LogP contribution in [0.4, 0.5) is 13.2 Å². The van der Waals surface area contributed by atoms with Crippen LogP contribution in [-0.2, 0) is 22.4 Å². The van der Waals surface area contributed by atoms with Gasteiger partial charge in [0.05, 0.1) is 18.7 Å². The molecule has 1 aliphatic heterocycles. The van der Waals surface area contributed by atoms with Crippen LogP contribution in [-0.4, -0.2) is 24.1 Å². The van der Waals surface area contributed by atoms with Crippen molar-refractivity contribution in [1.29, 1.82) is 0 Å². The molecule has 2 atom stereocenters. The molecule has 2 aromatic rings. The largest absolute Gasteiger partial charge is 0.497 e. The minimum Gasteiger partial charge on any atom is -0.497 e. The quantitative estimate of drug-likeness (QED) is 0.715. The number of rotatable bonds is 5. The number of carbonyl (C=O) groups excluding carboxylic acids is 1. The molecule has 0 aromatic heterocycles. The normalized spacial score (nSPS) is 23.4. The Kier molecular flexibility index (Phi) is 5.26. The highest BCUT2D eigenvalue weighted by Gasteiger charge is 2.43. The smallest absolute Gasteiger partial charge is 0.416 e. The average Bonchev–Trinajstić information content (AvgIpc) is 2.99. The van der Waals surface area contributed by atoms with Crippen molar-refractivity contribution in [1.82, 2.24) is 5.06 Å². The van der Waals surface area contributed by atoms with Gasteiger partial charge in [-0.05, 0) is 42.3 Å². The van der Waals surface area contributed by atoms with Gasteiger partial charge in [0.15, 0.2) is 6.29 Å². The van der Waals surface area contributed by atoms with Crippen molar-refractivity contribution in [3.63, 3.8) is 0 Å². The van der Waals surface area contributed by atoms with Crippen molar-refractivity contribution in [2.24, 2.45) is 0 Å². The molecule has 0 N–H and O–H groups in total. The van der Waals surface area contributed by atoms with Crippen molar-refractivity contribution in [3.8, 4) is 5.75 Å². The van der Waals surface area contributed by atoms with Crippen LogP contribution >= 0.6 is 0 Å². The van der Waals surface area contributed by atoms with Crippen LogP contribution in [0.5, 0.6) is 5.75 Å². The van der Waals surface area contributed by atoms with E-state index in [1.54, 1.807) is 19.1 Å². The number of carbonyl (C=O) groups is 1. The molecule has 0 aliphatic carbocycles. The highest BCUT2D eigenvalue weighted by molar-refractivity contribution is 5.62. The lowest BCUT2D eigenvalue weighted by Gasteiger charge is -2.24. The first-order valence-corrected chi connectivity index (χ1v) is 8.46. The Balaban J connectivity index is 1.84. The van der Waals surface area contributed by atoms with E-state index < -0.39 is 17.3 Å². The van der Waals surface area contributed by atoms with Crippen LogP contribution in [0.3, 0.4) is 0 Å². The Labute approximate surface area is 155 Å². The summed E-state index contributed by atoms with van der Waals surface area (Å²) in [5.41, 5.74) is -0.116. The molecule has 2 aromatic carbocycles. The standard InChI is InChI=1S/C20H20F3NO3/c1-19(13-25)11-18(15-5-7-16(8-6-15)20(21,22)23)24(27-19)12-14-3-9-17(26-2)10-4-14/h3-10,13,18H,11-12H2,1-2H3/t18-,19-/m0/s1. The molecule has 3 rings (SSSR count). The van der Waals surface area contributed by atoms with Crippen molar-refractivity contribution in [2.45, 2.75) is 37.7 Å². The lowest BCUT2D eigenvalue weighted by molar-refractivity contribution is -0.200. The van der Waals surface area contributed by atoms with Gasteiger partial charge in [-0.3, -0.25) is 4.84 Å². The third-order valence-electron chi connectivity index (χ3n) is 4.64. The first-order valence-electron chi connectivity index (χ1n) is 8.46. The number of hydrogen-bond donors (Lipinski definition) is 0. The van der Waals surface area contributed by atoms with E-state index in [9.17, 15) is 18.0 Å². The summed E-state index contributed by atoms with van der Waals surface area (Å²) in [6.07, 6.45) is -3.29. The maximum atomic E-state index is 12.8. The molecule has 4 nitrogen and oxygen atoms in total. The summed E-state index contributed by atoms with van der Waals surface area (Å²) in [4.78, 5) is 17.3. The Bertz CT molecular complexity index is 790. The van der Waals surface area contributed by atoms with Crippen LogP contribution in [0, 0.1) is 0 Å². The van der Waals surface area contributed by atoms with Crippen LogP contribution < -0.4 is 4.74 Å². The molecule has 7 heteroatoms. The zero-order valence-corrected chi connectivity index (χ0v) is 15.0. The van der Waals surface area contributed by atoms with Crippen LogP contribution in [0.25, 0.3) is 0 Å². The van der Waals surface area contributed by atoms with E-state index in [1.165, 1.54) is 12.1 Å². The van der Waals surface area contributed by atoms with E-state index in [0.717, 1.165) is 29.7 Å². The minimum absolute atomic E-state index is 0.329. The predicted octanol–water partition coefficient (Wildman–Crippen LogP) is 4.55. The third-order valence-corrected chi connectivity index (χ3v) is 4.64. The van der Waals surface area contributed by atoms with Crippen molar-refractivity contribution in [2.75, 3.05) is 7.11 Å². The molecule has 0 radical (unpaired) electrons. The van der Waals surface area contributed by atoms with E-state index >= 15 is 0 Å². The fourth-order valence-electron chi connectivity index (χ4n) is 3.16. The summed E-state index contributed by atoms with van der Waals surface area (Å²) >= 11 is 0. The number of hydrogen-bond acceptors (Lipinski definition) is 4.